The van der Waals surface area contributed by atoms with E-state index in [0.29, 0.717) is 0 Å². The second-order valence-electron chi connectivity index (χ2n) is 3.40. The lowest BCUT2D eigenvalue weighted by Crippen LogP contribution is -2.02. The summed E-state index contributed by atoms with van der Waals surface area (Å²) in [6.45, 7) is 3.57. The molecule has 0 N–H and O–H groups in total. The van der Waals surface area contributed by atoms with E-state index in [1.807, 2.05) is 0 Å². The quantitative estimate of drug-likeness (QED) is 0.563. The Balaban J connectivity index is 3.23. The number of methoxy groups -OCH3 is 1. The van der Waals surface area contributed by atoms with Gasteiger partial charge in [-0.2, -0.15) is 0 Å². The van der Waals surface area contributed by atoms with Crippen LogP contribution in [0.15, 0.2) is 29.8 Å². The Bertz CT molecular complexity index is 404. The van der Waals surface area contributed by atoms with Crippen LogP contribution >= 0.6 is 0 Å². The van der Waals surface area contributed by atoms with E-state index in [1.54, 1.807) is 19.9 Å². The van der Waals surface area contributed by atoms with Crippen molar-refractivity contribution in [2.45, 2.75) is 13.8 Å². The van der Waals surface area contributed by atoms with E-state index in [9.17, 15) is 9.18 Å². The van der Waals surface area contributed by atoms with Gasteiger partial charge in [0.15, 0.2) is 5.78 Å². The Labute approximate surface area is 88.4 Å². The summed E-state index contributed by atoms with van der Waals surface area (Å²) in [5, 5.41) is 0. The maximum absolute atomic E-state index is 13.4. The van der Waals surface area contributed by atoms with Gasteiger partial charge in [0, 0.05) is 0 Å². The van der Waals surface area contributed by atoms with E-state index < -0.39 is 5.82 Å². The third-order valence-corrected chi connectivity index (χ3v) is 1.86. The first kappa shape index (κ1) is 11.4. The predicted molar refractivity (Wildman–Crippen MR) is 56.7 cm³/mol. The van der Waals surface area contributed by atoms with Gasteiger partial charge in [0.2, 0.25) is 0 Å². The van der Waals surface area contributed by atoms with Gasteiger partial charge in [-0.25, -0.2) is 4.39 Å². The third-order valence-electron chi connectivity index (χ3n) is 1.86. The zero-order chi connectivity index (χ0) is 11.4. The minimum atomic E-state index is -0.558. The predicted octanol–water partition coefficient (Wildman–Crippen LogP) is 2.98. The fourth-order valence-corrected chi connectivity index (χ4v) is 1.25. The van der Waals surface area contributed by atoms with Crippen LogP contribution in [0, 0.1) is 5.82 Å². The van der Waals surface area contributed by atoms with E-state index in [2.05, 4.69) is 0 Å². The molecule has 0 saturated carbocycles. The molecule has 15 heavy (non-hydrogen) atoms. The van der Waals surface area contributed by atoms with Gasteiger partial charge < -0.3 is 4.74 Å². The summed E-state index contributed by atoms with van der Waals surface area (Å²) < 4.78 is 18.3. The maximum Gasteiger partial charge on any atom is 0.192 e. The van der Waals surface area contributed by atoms with Crippen LogP contribution in [0.4, 0.5) is 4.39 Å². The minimum absolute atomic E-state index is 0.0128. The first-order valence-electron chi connectivity index (χ1n) is 4.58. The number of ether oxygens (including phenoxy) is 1. The molecular weight excluding hydrogens is 195 g/mol. The summed E-state index contributed by atoms with van der Waals surface area (Å²) in [4.78, 5) is 11.7. The Kier molecular flexibility index (Phi) is 3.61. The molecule has 0 radical (unpaired) electrons. The summed E-state index contributed by atoms with van der Waals surface area (Å²) in [5.41, 5.74) is 0.812. The van der Waals surface area contributed by atoms with E-state index in [0.717, 1.165) is 5.57 Å². The van der Waals surface area contributed by atoms with Gasteiger partial charge in [-0.1, -0.05) is 11.6 Å². The van der Waals surface area contributed by atoms with Crippen molar-refractivity contribution in [3.8, 4) is 5.75 Å². The van der Waals surface area contributed by atoms with Crippen molar-refractivity contribution in [2.24, 2.45) is 0 Å². The van der Waals surface area contributed by atoms with Crippen molar-refractivity contribution in [1.82, 2.24) is 0 Å². The molecule has 0 aliphatic rings. The molecule has 3 heteroatoms. The second-order valence-corrected chi connectivity index (χ2v) is 3.40. The largest absolute Gasteiger partial charge is 0.496 e. The van der Waals surface area contributed by atoms with E-state index in [-0.39, 0.29) is 17.1 Å². The average molecular weight is 208 g/mol. The first-order valence-corrected chi connectivity index (χ1v) is 4.58. The minimum Gasteiger partial charge on any atom is -0.496 e. The molecule has 1 rings (SSSR count). The lowest BCUT2D eigenvalue weighted by atomic mass is 10.1. The molecule has 0 unspecified atom stereocenters. The Hall–Kier alpha value is -1.64. The Morgan fingerprint density at radius 2 is 2.07 bits per heavy atom. The highest BCUT2D eigenvalue weighted by Crippen LogP contribution is 2.22. The summed E-state index contributed by atoms with van der Waals surface area (Å²) >= 11 is 0. The molecule has 0 fully saturated rings. The van der Waals surface area contributed by atoms with E-state index in [4.69, 9.17) is 4.74 Å². The number of hydrogen-bond donors (Lipinski definition) is 0. The smallest absolute Gasteiger partial charge is 0.192 e. The number of benzene rings is 1. The number of rotatable bonds is 3. The van der Waals surface area contributed by atoms with Crippen molar-refractivity contribution < 1.29 is 13.9 Å². The van der Waals surface area contributed by atoms with Crippen molar-refractivity contribution in [1.29, 1.82) is 0 Å². The lowest BCUT2D eigenvalue weighted by molar-refractivity contribution is 0.103. The summed E-state index contributed by atoms with van der Waals surface area (Å²) in [5.74, 6) is -0.667. The molecule has 0 saturated heterocycles. The topological polar surface area (TPSA) is 26.3 Å². The van der Waals surface area contributed by atoms with Crippen LogP contribution in [0.1, 0.15) is 24.2 Å². The summed E-state index contributed by atoms with van der Waals surface area (Å²) in [6.07, 6.45) is 1.39. The van der Waals surface area contributed by atoms with Crippen LogP contribution in [0.5, 0.6) is 5.75 Å². The second kappa shape index (κ2) is 4.73. The van der Waals surface area contributed by atoms with Gasteiger partial charge in [0.05, 0.1) is 12.7 Å². The molecule has 2 nitrogen and oxygen atoms in total. The molecule has 0 atom stereocenters. The molecule has 80 valence electrons. The highest BCUT2D eigenvalue weighted by atomic mass is 19.1. The number of carbonyl (C=O) groups excluding carboxylic acids is 1. The molecule has 0 aromatic heterocycles. The first-order chi connectivity index (χ1) is 7.06. The molecule has 0 amide bonds. The Morgan fingerprint density at radius 3 is 2.60 bits per heavy atom. The van der Waals surface area contributed by atoms with Gasteiger partial charge in [0.1, 0.15) is 11.6 Å². The Morgan fingerprint density at radius 1 is 1.40 bits per heavy atom. The maximum atomic E-state index is 13.4. The van der Waals surface area contributed by atoms with Gasteiger partial charge in [-0.3, -0.25) is 4.79 Å². The van der Waals surface area contributed by atoms with Crippen LogP contribution in [0.2, 0.25) is 0 Å². The SMILES string of the molecule is COc1cccc(F)c1C(=O)C=C(C)C. The van der Waals surface area contributed by atoms with Gasteiger partial charge in [-0.05, 0) is 32.1 Å². The molecule has 0 aliphatic carbocycles. The summed E-state index contributed by atoms with van der Waals surface area (Å²) in [7, 11) is 1.41. The number of carbonyl (C=O) groups is 1. The number of halogens is 1. The monoisotopic (exact) mass is 208 g/mol. The zero-order valence-electron chi connectivity index (χ0n) is 9.00. The van der Waals surface area contributed by atoms with Gasteiger partial charge in [0.25, 0.3) is 0 Å². The van der Waals surface area contributed by atoms with Crippen molar-refractivity contribution in [3.05, 3.63) is 41.2 Å². The number of allylic oxidation sites excluding steroid dienone is 2. The third kappa shape index (κ3) is 2.65. The molecule has 0 bridgehead atoms. The normalized spacial score (nSPS) is 9.60. The lowest BCUT2D eigenvalue weighted by Gasteiger charge is -2.06. The molecule has 1 aromatic rings. The van der Waals surface area contributed by atoms with Crippen LogP contribution < -0.4 is 4.74 Å². The molecule has 0 heterocycles. The molecular formula is C12H13FO2. The fraction of sp³-hybridized carbons (Fsp3) is 0.250. The van der Waals surface area contributed by atoms with Crippen molar-refractivity contribution >= 4 is 5.78 Å². The molecule has 0 aliphatic heterocycles. The van der Waals surface area contributed by atoms with E-state index in [1.165, 1.54) is 25.3 Å². The van der Waals surface area contributed by atoms with Gasteiger partial charge >= 0.3 is 0 Å². The van der Waals surface area contributed by atoms with Crippen LogP contribution in [0.3, 0.4) is 0 Å². The van der Waals surface area contributed by atoms with Crippen molar-refractivity contribution in [3.63, 3.8) is 0 Å². The standard InChI is InChI=1S/C12H13FO2/c1-8(2)7-10(14)12-9(13)5-4-6-11(12)15-3/h4-7H,1-3H3. The van der Waals surface area contributed by atoms with Crippen LogP contribution in [-0.2, 0) is 0 Å². The van der Waals surface area contributed by atoms with Crippen LogP contribution in [0.25, 0.3) is 0 Å². The van der Waals surface area contributed by atoms with Crippen LogP contribution in [-0.4, -0.2) is 12.9 Å². The van der Waals surface area contributed by atoms with E-state index >= 15 is 0 Å². The summed E-state index contributed by atoms with van der Waals surface area (Å²) in [6, 6.07) is 4.32. The highest BCUT2D eigenvalue weighted by Gasteiger charge is 2.14. The van der Waals surface area contributed by atoms with Gasteiger partial charge in [-0.15, -0.1) is 0 Å². The zero-order valence-corrected chi connectivity index (χ0v) is 9.00. The molecule has 1 aromatic carbocycles. The highest BCUT2D eigenvalue weighted by molar-refractivity contribution is 6.07. The fourth-order valence-electron chi connectivity index (χ4n) is 1.25. The number of hydrogen-bond acceptors (Lipinski definition) is 2. The average Bonchev–Trinajstić information content (AvgIpc) is 2.15. The van der Waals surface area contributed by atoms with Crippen molar-refractivity contribution in [2.75, 3.05) is 7.11 Å². The number of ketones is 1. The molecule has 0 spiro atoms.